The number of thiophene rings is 1. The van der Waals surface area contributed by atoms with Gasteiger partial charge in [-0.05, 0) is 52.9 Å². The minimum Gasteiger partial charge on any atom is -0.494 e. The first kappa shape index (κ1) is 28.1. The summed E-state index contributed by atoms with van der Waals surface area (Å²) in [6.07, 6.45) is 9.51. The van der Waals surface area contributed by atoms with Crippen LogP contribution in [0.25, 0.3) is 38.2 Å². The van der Waals surface area contributed by atoms with E-state index in [4.69, 9.17) is 16.3 Å². The van der Waals surface area contributed by atoms with E-state index in [9.17, 15) is 4.79 Å². The van der Waals surface area contributed by atoms with Gasteiger partial charge in [0.05, 0.1) is 7.11 Å². The zero-order valence-corrected chi connectivity index (χ0v) is 24.6. The Labute approximate surface area is 253 Å². The minimum absolute atomic E-state index is 0.342. The molecule has 6 rings (SSSR count). The van der Waals surface area contributed by atoms with Crippen LogP contribution in [0, 0.1) is 0 Å². The van der Waals surface area contributed by atoms with Crippen LogP contribution >= 0.6 is 11.3 Å². The maximum atomic E-state index is 13.5. The second-order valence-electron chi connectivity index (χ2n) is 10.1. The van der Waals surface area contributed by atoms with E-state index in [0.29, 0.717) is 29.5 Å². The van der Waals surface area contributed by atoms with Crippen molar-refractivity contribution in [1.29, 1.82) is 0 Å². The number of fused-ring (bicyclic) bond motifs is 2. The van der Waals surface area contributed by atoms with Crippen LogP contribution in [0.15, 0.2) is 90.7 Å². The summed E-state index contributed by atoms with van der Waals surface area (Å²) in [4.78, 5) is 22.0. The quantitative estimate of drug-likeness (QED) is 0.0847. The van der Waals surface area contributed by atoms with E-state index in [2.05, 4.69) is 32.8 Å². The third-order valence-corrected chi connectivity index (χ3v) is 8.46. The van der Waals surface area contributed by atoms with E-state index in [1.807, 2.05) is 66.2 Å². The first-order chi connectivity index (χ1) is 21.0. The molecule has 216 valence electrons. The molecule has 5 N–H and O–H groups in total. The van der Waals surface area contributed by atoms with Crippen molar-refractivity contribution in [2.75, 3.05) is 24.4 Å². The van der Waals surface area contributed by atoms with Gasteiger partial charge >= 0.3 is 0 Å². The number of carbonyl (C=O) groups is 1. The van der Waals surface area contributed by atoms with Gasteiger partial charge in [0.2, 0.25) is 0 Å². The highest BCUT2D eigenvalue weighted by Gasteiger charge is 2.23. The van der Waals surface area contributed by atoms with Crippen molar-refractivity contribution < 1.29 is 9.53 Å². The molecule has 10 heteroatoms. The summed E-state index contributed by atoms with van der Waals surface area (Å²) in [6.45, 7) is 1.47. The Hall–Kier alpha value is -5.03. The highest BCUT2D eigenvalue weighted by Crippen LogP contribution is 2.41. The van der Waals surface area contributed by atoms with Gasteiger partial charge in [0.15, 0.2) is 0 Å². The highest BCUT2D eigenvalue weighted by atomic mass is 32.1. The van der Waals surface area contributed by atoms with Crippen LogP contribution in [0.3, 0.4) is 0 Å². The molecule has 0 spiro atoms. The van der Waals surface area contributed by atoms with Crippen LogP contribution in [-0.2, 0) is 13.6 Å². The summed E-state index contributed by atoms with van der Waals surface area (Å²) < 4.78 is 8.59. The predicted molar refractivity (Wildman–Crippen MR) is 175 cm³/mol. The number of nitrogens with two attached hydrogens (primary N) is 2. The average Bonchev–Trinajstić information content (AvgIpc) is 3.64. The third-order valence-electron chi connectivity index (χ3n) is 7.43. The number of amides is 1. The Morgan fingerprint density at radius 3 is 2.74 bits per heavy atom. The van der Waals surface area contributed by atoms with Gasteiger partial charge in [-0.3, -0.25) is 9.78 Å². The molecule has 9 nitrogen and oxygen atoms in total. The van der Waals surface area contributed by atoms with Crippen LogP contribution in [0.4, 0.5) is 11.5 Å². The summed E-state index contributed by atoms with van der Waals surface area (Å²) in [7, 11) is 3.41. The molecule has 43 heavy (non-hydrogen) atoms. The fourth-order valence-corrected chi connectivity index (χ4v) is 6.25. The molecule has 0 atom stereocenters. The zero-order valence-electron chi connectivity index (χ0n) is 23.8. The van der Waals surface area contributed by atoms with Gasteiger partial charge in [0.1, 0.15) is 22.9 Å². The number of carbonyl (C=O) groups excluding carboxylic acids is 1. The van der Waals surface area contributed by atoms with Crippen molar-refractivity contribution in [2.45, 2.75) is 6.54 Å². The third kappa shape index (κ3) is 5.46. The van der Waals surface area contributed by atoms with Crippen molar-refractivity contribution in [3.8, 4) is 16.9 Å². The Bertz CT molecular complexity index is 1960. The molecular weight excluding hydrogens is 558 g/mol. The Morgan fingerprint density at radius 2 is 1.95 bits per heavy atom. The van der Waals surface area contributed by atoms with Crippen molar-refractivity contribution in [1.82, 2.24) is 19.9 Å². The summed E-state index contributed by atoms with van der Waals surface area (Å²) in [5, 5.41) is 8.45. The number of methoxy groups -OCH3 is 1. The van der Waals surface area contributed by atoms with E-state index in [1.165, 1.54) is 5.56 Å². The Morgan fingerprint density at radius 1 is 1.14 bits per heavy atom. The summed E-state index contributed by atoms with van der Waals surface area (Å²) in [6, 6.07) is 19.2. The number of hydrazine groups is 1. The molecule has 0 saturated carbocycles. The minimum atomic E-state index is -0.342. The fourth-order valence-electron chi connectivity index (χ4n) is 5.18. The number of para-hydroxylation sites is 1. The molecule has 0 radical (unpaired) electrons. The molecule has 0 fully saturated rings. The van der Waals surface area contributed by atoms with Gasteiger partial charge in [-0.1, -0.05) is 36.4 Å². The number of aromatic nitrogens is 3. The lowest BCUT2D eigenvalue weighted by atomic mass is 10.0. The van der Waals surface area contributed by atoms with Gasteiger partial charge in [-0.25, -0.2) is 15.8 Å². The zero-order chi connectivity index (χ0) is 29.9. The van der Waals surface area contributed by atoms with Crippen molar-refractivity contribution in [2.24, 2.45) is 12.9 Å². The summed E-state index contributed by atoms with van der Waals surface area (Å²) in [5.41, 5.74) is 12.3. The van der Waals surface area contributed by atoms with Crippen molar-refractivity contribution >= 4 is 55.8 Å². The number of benzene rings is 2. The van der Waals surface area contributed by atoms with Crippen LogP contribution < -0.4 is 26.6 Å². The number of ether oxygens (including phenoxy) is 1. The maximum Gasteiger partial charge on any atom is 0.289 e. The molecule has 0 aliphatic rings. The number of anilines is 2. The van der Waals surface area contributed by atoms with Gasteiger partial charge < -0.3 is 20.4 Å². The van der Waals surface area contributed by atoms with E-state index in [0.717, 1.165) is 49.2 Å². The van der Waals surface area contributed by atoms with Crippen LogP contribution in [0.5, 0.6) is 5.75 Å². The summed E-state index contributed by atoms with van der Waals surface area (Å²) >= 11 is 1.61. The largest absolute Gasteiger partial charge is 0.494 e. The van der Waals surface area contributed by atoms with Gasteiger partial charge in [0, 0.05) is 70.8 Å². The topological polar surface area (TPSA) is 124 Å². The predicted octanol–water partition coefficient (Wildman–Crippen LogP) is 5.76. The number of nitrogens with zero attached hydrogens (tertiary/aromatic N) is 4. The van der Waals surface area contributed by atoms with Crippen molar-refractivity contribution in [3.05, 3.63) is 108 Å². The lowest BCUT2D eigenvalue weighted by molar-refractivity contribution is 0.0979. The van der Waals surface area contributed by atoms with E-state index in [-0.39, 0.29) is 5.91 Å². The van der Waals surface area contributed by atoms with Gasteiger partial charge in [-0.2, -0.15) is 0 Å². The average molecular weight is 590 g/mol. The number of nitrogen functional groups attached to an aromatic ring is 1. The molecule has 0 aliphatic carbocycles. The number of rotatable bonds is 9. The van der Waals surface area contributed by atoms with Crippen LogP contribution in [-0.4, -0.2) is 34.1 Å². The van der Waals surface area contributed by atoms with E-state index >= 15 is 0 Å². The molecule has 1 amide bonds. The molecule has 6 aromatic rings. The molecule has 0 saturated heterocycles. The molecular formula is C33H31N7O2S. The Kier molecular flexibility index (Phi) is 7.89. The van der Waals surface area contributed by atoms with E-state index in [1.54, 1.807) is 43.1 Å². The highest BCUT2D eigenvalue weighted by molar-refractivity contribution is 7.18. The number of aryl methyl sites for hydroxylation is 1. The van der Waals surface area contributed by atoms with Crippen molar-refractivity contribution in [3.63, 3.8) is 0 Å². The first-order valence-corrected chi connectivity index (χ1v) is 14.6. The fraction of sp³-hybridized carbons (Fsp3) is 0.121. The molecule has 2 aromatic carbocycles. The monoisotopic (exact) mass is 589 g/mol. The number of nitrogens with one attached hydrogen (secondary N) is 1. The van der Waals surface area contributed by atoms with Crippen LogP contribution in [0.2, 0.25) is 0 Å². The second kappa shape index (κ2) is 12.1. The maximum absolute atomic E-state index is 13.5. The second-order valence-corrected chi connectivity index (χ2v) is 10.9. The lowest BCUT2D eigenvalue weighted by Crippen LogP contribution is -2.38. The summed E-state index contributed by atoms with van der Waals surface area (Å²) in [5.74, 6) is 6.97. The standard InChI is InChI=1S/C33H31N7O2S/c1-39-26-8-4-3-6-23(26)16-28(39)33(41)40(35)27-10-9-22(17-29(27)42-2)25-20-43-31-24(19-38-32(34)30(25)31)7-5-13-37-18-21-11-14-36-15-12-21/h3-12,14-17,19-20,37H,13,18,35H2,1-2H3,(H2,34,38). The van der Waals surface area contributed by atoms with Gasteiger partial charge in [-0.15, -0.1) is 11.3 Å². The molecule has 0 bridgehead atoms. The number of hydrogen-bond donors (Lipinski definition) is 3. The molecule has 4 aromatic heterocycles. The lowest BCUT2D eigenvalue weighted by Gasteiger charge is -2.20. The normalized spacial score (nSPS) is 11.5. The number of pyridine rings is 2. The molecule has 0 aliphatic heterocycles. The van der Waals surface area contributed by atoms with Crippen LogP contribution in [0.1, 0.15) is 21.6 Å². The molecule has 0 unspecified atom stereocenters. The first-order valence-electron chi connectivity index (χ1n) is 13.7. The molecule has 4 heterocycles. The van der Waals surface area contributed by atoms with E-state index < -0.39 is 0 Å². The van der Waals surface area contributed by atoms with Gasteiger partial charge in [0.25, 0.3) is 5.91 Å². The number of hydrogen-bond acceptors (Lipinski definition) is 8. The SMILES string of the molecule is COc1cc(-c2csc3c(C=CCNCc4ccncc4)cnc(N)c23)ccc1N(N)C(=O)c1cc2ccccc2n1C. The smallest absolute Gasteiger partial charge is 0.289 e. The Balaban J connectivity index is 1.25.